The summed E-state index contributed by atoms with van der Waals surface area (Å²) in [6, 6.07) is 5.61. The van der Waals surface area contributed by atoms with Gasteiger partial charge in [0.05, 0.1) is 14.2 Å². The van der Waals surface area contributed by atoms with Crippen molar-refractivity contribution in [3.8, 4) is 11.5 Å². The predicted octanol–water partition coefficient (Wildman–Crippen LogP) is 3.80. The number of rotatable bonds is 5. The lowest BCUT2D eigenvalue weighted by Crippen LogP contribution is -2.59. The Morgan fingerprint density at radius 3 is 2.28 bits per heavy atom. The summed E-state index contributed by atoms with van der Waals surface area (Å²) in [6.45, 7) is 0. The molecule has 4 fully saturated rings. The molecule has 4 heteroatoms. The molecule has 0 unspecified atom stereocenters. The molecule has 5 rings (SSSR count). The molecule has 4 aliphatic rings. The van der Waals surface area contributed by atoms with E-state index in [1.807, 2.05) is 24.3 Å². The largest absolute Gasteiger partial charge is 0.497 e. The van der Waals surface area contributed by atoms with Crippen molar-refractivity contribution in [3.05, 3.63) is 29.8 Å². The number of carbonyl (C=O) groups is 1. The Bertz CT molecular complexity index is 659. The zero-order valence-corrected chi connectivity index (χ0v) is 15.1. The van der Waals surface area contributed by atoms with Crippen molar-refractivity contribution in [1.82, 2.24) is 5.32 Å². The summed E-state index contributed by atoms with van der Waals surface area (Å²) >= 11 is 0. The lowest BCUT2D eigenvalue weighted by molar-refractivity contribution is -0.122. The van der Waals surface area contributed by atoms with Gasteiger partial charge in [0.2, 0.25) is 5.91 Å². The minimum Gasteiger partial charge on any atom is -0.497 e. The molecule has 0 spiro atoms. The Balaban J connectivity index is 1.45. The zero-order valence-electron chi connectivity index (χ0n) is 15.1. The van der Waals surface area contributed by atoms with Crippen molar-refractivity contribution in [2.45, 2.75) is 44.1 Å². The van der Waals surface area contributed by atoms with E-state index in [0.29, 0.717) is 5.75 Å². The van der Waals surface area contributed by atoms with E-state index in [1.54, 1.807) is 20.3 Å². The van der Waals surface area contributed by atoms with Crippen LogP contribution in [0.2, 0.25) is 0 Å². The van der Waals surface area contributed by atoms with E-state index >= 15 is 0 Å². The average molecular weight is 341 g/mol. The molecule has 4 aliphatic carbocycles. The standard InChI is InChI=1S/C21H27NO3/c1-24-18-5-3-17(19(10-18)25-2)4-6-20(23)22-21-11-14-7-15(12-21)9-16(8-14)13-21/h3-6,10,14-16H,7-9,11-13H2,1-2H3,(H,22,23)/b6-4+. The number of hydrogen-bond acceptors (Lipinski definition) is 3. The minimum atomic E-state index is 0.0137. The van der Waals surface area contributed by atoms with E-state index in [2.05, 4.69) is 5.32 Å². The van der Waals surface area contributed by atoms with Crippen LogP contribution >= 0.6 is 0 Å². The molecule has 1 aromatic carbocycles. The van der Waals surface area contributed by atoms with E-state index in [0.717, 1.165) is 29.1 Å². The maximum Gasteiger partial charge on any atom is 0.244 e. The van der Waals surface area contributed by atoms with Crippen molar-refractivity contribution in [3.63, 3.8) is 0 Å². The van der Waals surface area contributed by atoms with Gasteiger partial charge in [0.25, 0.3) is 0 Å². The van der Waals surface area contributed by atoms with Crippen LogP contribution in [0.1, 0.15) is 44.1 Å². The molecule has 4 bridgehead atoms. The summed E-state index contributed by atoms with van der Waals surface area (Å²) < 4.78 is 10.6. The molecule has 0 aromatic heterocycles. The van der Waals surface area contributed by atoms with Crippen molar-refractivity contribution in [1.29, 1.82) is 0 Å². The normalized spacial score (nSPS) is 32.8. The van der Waals surface area contributed by atoms with Crippen LogP contribution in [0, 0.1) is 17.8 Å². The van der Waals surface area contributed by atoms with E-state index < -0.39 is 0 Å². The SMILES string of the molecule is COc1ccc(/C=C/C(=O)NC23CC4CC(CC(C4)C2)C3)c(OC)c1. The quantitative estimate of drug-likeness (QED) is 0.829. The first-order valence-corrected chi connectivity index (χ1v) is 9.31. The number of amides is 1. The maximum atomic E-state index is 12.6. The topological polar surface area (TPSA) is 47.6 Å². The third-order valence-electron chi connectivity index (χ3n) is 6.28. The Morgan fingerprint density at radius 1 is 1.08 bits per heavy atom. The smallest absolute Gasteiger partial charge is 0.244 e. The third kappa shape index (κ3) is 3.26. The third-order valence-corrected chi connectivity index (χ3v) is 6.28. The predicted molar refractivity (Wildman–Crippen MR) is 97.6 cm³/mol. The molecule has 1 N–H and O–H groups in total. The number of hydrogen-bond donors (Lipinski definition) is 1. The van der Waals surface area contributed by atoms with Crippen LogP contribution in [-0.4, -0.2) is 25.7 Å². The Hall–Kier alpha value is -1.97. The van der Waals surface area contributed by atoms with Crippen LogP contribution in [0.3, 0.4) is 0 Å². The monoisotopic (exact) mass is 341 g/mol. The first-order valence-electron chi connectivity index (χ1n) is 9.31. The van der Waals surface area contributed by atoms with E-state index in [9.17, 15) is 4.79 Å². The van der Waals surface area contributed by atoms with Gasteiger partial charge in [-0.3, -0.25) is 4.79 Å². The number of nitrogens with one attached hydrogen (secondary N) is 1. The van der Waals surface area contributed by atoms with Gasteiger partial charge in [-0.2, -0.15) is 0 Å². The van der Waals surface area contributed by atoms with Gasteiger partial charge < -0.3 is 14.8 Å². The lowest BCUT2D eigenvalue weighted by Gasteiger charge is -2.56. The summed E-state index contributed by atoms with van der Waals surface area (Å²) in [5.41, 5.74) is 0.934. The number of carbonyl (C=O) groups excluding carboxylic acids is 1. The highest BCUT2D eigenvalue weighted by Gasteiger charge is 2.51. The van der Waals surface area contributed by atoms with Gasteiger partial charge in [0, 0.05) is 23.2 Å². The molecule has 0 saturated heterocycles. The van der Waals surface area contributed by atoms with Gasteiger partial charge >= 0.3 is 0 Å². The molecular formula is C21H27NO3. The molecule has 134 valence electrons. The van der Waals surface area contributed by atoms with Crippen LogP contribution in [-0.2, 0) is 4.79 Å². The molecule has 4 nitrogen and oxygen atoms in total. The highest BCUT2D eigenvalue weighted by Crippen LogP contribution is 2.55. The summed E-state index contributed by atoms with van der Waals surface area (Å²) in [5, 5.41) is 3.36. The second kappa shape index (κ2) is 6.40. The fourth-order valence-electron chi connectivity index (χ4n) is 5.69. The highest BCUT2D eigenvalue weighted by atomic mass is 16.5. The van der Waals surface area contributed by atoms with E-state index in [-0.39, 0.29) is 11.4 Å². The van der Waals surface area contributed by atoms with Crippen LogP contribution in [0.15, 0.2) is 24.3 Å². The molecule has 0 heterocycles. The average Bonchev–Trinajstić information content (AvgIpc) is 2.58. The second-order valence-electron chi connectivity index (χ2n) is 8.13. The van der Waals surface area contributed by atoms with E-state index in [1.165, 1.54) is 38.5 Å². The van der Waals surface area contributed by atoms with Gasteiger partial charge in [0.1, 0.15) is 11.5 Å². The Morgan fingerprint density at radius 2 is 1.72 bits per heavy atom. The lowest BCUT2D eigenvalue weighted by atomic mass is 9.53. The van der Waals surface area contributed by atoms with E-state index in [4.69, 9.17) is 9.47 Å². The molecule has 4 saturated carbocycles. The first-order chi connectivity index (χ1) is 12.1. The Labute approximate surface area is 149 Å². The summed E-state index contributed by atoms with van der Waals surface area (Å²) in [7, 11) is 3.25. The first kappa shape index (κ1) is 16.5. The van der Waals surface area contributed by atoms with Crippen LogP contribution in [0.4, 0.5) is 0 Å². The minimum absolute atomic E-state index is 0.0137. The fourth-order valence-corrected chi connectivity index (χ4v) is 5.69. The summed E-state index contributed by atoms with van der Waals surface area (Å²) in [5.74, 6) is 3.96. The van der Waals surface area contributed by atoms with Crippen molar-refractivity contribution in [2.24, 2.45) is 17.8 Å². The van der Waals surface area contributed by atoms with Gasteiger partial charge in [-0.05, 0) is 74.5 Å². The molecule has 0 radical (unpaired) electrons. The Kier molecular flexibility index (Phi) is 4.22. The number of ether oxygens (including phenoxy) is 2. The van der Waals surface area contributed by atoms with Crippen molar-refractivity contribution >= 4 is 12.0 Å². The molecular weight excluding hydrogens is 314 g/mol. The van der Waals surface area contributed by atoms with Crippen LogP contribution in [0.5, 0.6) is 11.5 Å². The molecule has 1 aromatic rings. The van der Waals surface area contributed by atoms with Gasteiger partial charge in [-0.15, -0.1) is 0 Å². The molecule has 25 heavy (non-hydrogen) atoms. The summed E-state index contributed by atoms with van der Waals surface area (Å²) in [6.07, 6.45) is 11.1. The summed E-state index contributed by atoms with van der Waals surface area (Å²) in [4.78, 5) is 12.6. The second-order valence-corrected chi connectivity index (χ2v) is 8.13. The maximum absolute atomic E-state index is 12.6. The molecule has 1 amide bonds. The molecule has 0 atom stereocenters. The van der Waals surface area contributed by atoms with Crippen LogP contribution in [0.25, 0.3) is 6.08 Å². The van der Waals surface area contributed by atoms with Crippen LogP contribution < -0.4 is 14.8 Å². The van der Waals surface area contributed by atoms with Gasteiger partial charge in [-0.1, -0.05) is 0 Å². The number of benzene rings is 1. The molecule has 0 aliphatic heterocycles. The van der Waals surface area contributed by atoms with Crippen molar-refractivity contribution in [2.75, 3.05) is 14.2 Å². The fraction of sp³-hybridized carbons (Fsp3) is 0.571. The number of methoxy groups -OCH3 is 2. The van der Waals surface area contributed by atoms with Gasteiger partial charge in [0.15, 0.2) is 0 Å². The van der Waals surface area contributed by atoms with Crippen molar-refractivity contribution < 1.29 is 14.3 Å². The zero-order chi connectivity index (χ0) is 17.4. The van der Waals surface area contributed by atoms with Gasteiger partial charge in [-0.25, -0.2) is 0 Å². The highest BCUT2D eigenvalue weighted by molar-refractivity contribution is 5.92.